The molecule has 0 unspecified atom stereocenters. The number of hydrogen-bond acceptors (Lipinski definition) is 5. The Labute approximate surface area is 169 Å². The molecule has 1 saturated heterocycles. The normalized spacial score (nSPS) is 20.5. The molecule has 1 amide bonds. The molecule has 152 valence electrons. The van der Waals surface area contributed by atoms with Gasteiger partial charge in [0.25, 0.3) is 0 Å². The van der Waals surface area contributed by atoms with Crippen LogP contribution in [-0.2, 0) is 26.8 Å². The molecule has 1 aromatic carbocycles. The summed E-state index contributed by atoms with van der Waals surface area (Å²) in [7, 11) is -1.65. The van der Waals surface area contributed by atoms with Crippen LogP contribution in [0.1, 0.15) is 38.3 Å². The molecule has 2 atom stereocenters. The predicted octanol–water partition coefficient (Wildman–Crippen LogP) is 1.65. The van der Waals surface area contributed by atoms with Crippen molar-refractivity contribution < 1.29 is 17.9 Å². The summed E-state index contributed by atoms with van der Waals surface area (Å²) in [4.78, 5) is 12.4. The van der Waals surface area contributed by atoms with Gasteiger partial charge in [0.05, 0.1) is 19.4 Å². The van der Waals surface area contributed by atoms with E-state index in [1.54, 1.807) is 7.11 Å². The molecule has 9 heteroatoms. The Kier molecular flexibility index (Phi) is 6.94. The standard InChI is InChI=1S/C18H28BrN3O4S/c1-18(2,3)13-8-14(19)11(6-16(13)26-4)9-21-17(23)15-7-12(10-20-15)22-27(5,24)25/h6,8,12,15,20,22H,7,9-10H2,1-5H3,(H,21,23)/t12-,15+/m0/s1. The third kappa shape index (κ3) is 6.17. The van der Waals surface area contributed by atoms with Crippen molar-refractivity contribution in [1.29, 1.82) is 0 Å². The fourth-order valence-electron chi connectivity index (χ4n) is 3.12. The summed E-state index contributed by atoms with van der Waals surface area (Å²) in [5.41, 5.74) is 1.93. The minimum Gasteiger partial charge on any atom is -0.496 e. The Hall–Kier alpha value is -1.16. The average Bonchev–Trinajstić information content (AvgIpc) is 2.98. The van der Waals surface area contributed by atoms with E-state index in [4.69, 9.17) is 4.74 Å². The summed E-state index contributed by atoms with van der Waals surface area (Å²) >= 11 is 3.58. The molecule has 3 N–H and O–H groups in total. The molecular formula is C18H28BrN3O4S. The lowest BCUT2D eigenvalue weighted by molar-refractivity contribution is -0.123. The Morgan fingerprint density at radius 3 is 2.59 bits per heavy atom. The van der Waals surface area contributed by atoms with E-state index >= 15 is 0 Å². The van der Waals surface area contributed by atoms with Gasteiger partial charge in [-0.05, 0) is 29.5 Å². The van der Waals surface area contributed by atoms with Crippen molar-refractivity contribution in [3.63, 3.8) is 0 Å². The molecule has 1 aliphatic rings. The predicted molar refractivity (Wildman–Crippen MR) is 109 cm³/mol. The Morgan fingerprint density at radius 2 is 2.04 bits per heavy atom. The molecule has 1 fully saturated rings. The van der Waals surface area contributed by atoms with Crippen LogP contribution in [0.15, 0.2) is 16.6 Å². The topological polar surface area (TPSA) is 96.5 Å². The highest BCUT2D eigenvalue weighted by Crippen LogP contribution is 2.35. The second-order valence-corrected chi connectivity index (χ2v) is 10.5. The van der Waals surface area contributed by atoms with E-state index in [2.05, 4.69) is 52.1 Å². The van der Waals surface area contributed by atoms with Crippen LogP contribution in [0.4, 0.5) is 0 Å². The first kappa shape index (κ1) is 22.1. The summed E-state index contributed by atoms with van der Waals surface area (Å²) in [5.74, 6) is 0.630. The highest BCUT2D eigenvalue weighted by Gasteiger charge is 2.31. The number of rotatable bonds is 6. The van der Waals surface area contributed by atoms with Gasteiger partial charge in [0, 0.05) is 29.2 Å². The molecule has 1 heterocycles. The maximum atomic E-state index is 12.4. The summed E-state index contributed by atoms with van der Waals surface area (Å²) < 4.78 is 31.6. The zero-order chi connectivity index (χ0) is 20.4. The number of hydrogen-bond donors (Lipinski definition) is 3. The Morgan fingerprint density at radius 1 is 1.37 bits per heavy atom. The number of benzene rings is 1. The number of carbonyl (C=O) groups is 1. The maximum Gasteiger partial charge on any atom is 0.237 e. The third-order valence-corrected chi connectivity index (χ3v) is 5.96. The van der Waals surface area contributed by atoms with E-state index in [9.17, 15) is 13.2 Å². The van der Waals surface area contributed by atoms with Gasteiger partial charge in [-0.2, -0.15) is 0 Å². The summed E-state index contributed by atoms with van der Waals surface area (Å²) in [6.45, 7) is 7.13. The van der Waals surface area contributed by atoms with Gasteiger partial charge in [0.1, 0.15) is 5.75 Å². The van der Waals surface area contributed by atoms with Crippen molar-refractivity contribution in [2.45, 2.75) is 51.2 Å². The number of ether oxygens (including phenoxy) is 1. The lowest BCUT2D eigenvalue weighted by Crippen LogP contribution is -2.40. The van der Waals surface area contributed by atoms with Crippen molar-refractivity contribution in [2.24, 2.45) is 0 Å². The molecule has 7 nitrogen and oxygen atoms in total. The molecule has 0 saturated carbocycles. The second-order valence-electron chi connectivity index (χ2n) is 7.90. The second kappa shape index (κ2) is 8.46. The highest BCUT2D eigenvalue weighted by molar-refractivity contribution is 9.10. The number of sulfonamides is 1. The molecule has 0 aromatic heterocycles. The van der Waals surface area contributed by atoms with Crippen LogP contribution >= 0.6 is 15.9 Å². The van der Waals surface area contributed by atoms with Crippen molar-refractivity contribution >= 4 is 31.9 Å². The first-order chi connectivity index (χ1) is 12.4. The van der Waals surface area contributed by atoms with Crippen molar-refractivity contribution in [2.75, 3.05) is 19.9 Å². The van der Waals surface area contributed by atoms with E-state index < -0.39 is 16.1 Å². The fourth-order valence-corrected chi connectivity index (χ4v) is 4.39. The average molecular weight is 462 g/mol. The van der Waals surface area contributed by atoms with Gasteiger partial charge in [-0.25, -0.2) is 13.1 Å². The molecule has 0 aliphatic carbocycles. The van der Waals surface area contributed by atoms with Crippen molar-refractivity contribution in [3.05, 3.63) is 27.7 Å². The molecule has 1 aliphatic heterocycles. The van der Waals surface area contributed by atoms with Gasteiger partial charge < -0.3 is 15.4 Å². The molecule has 0 spiro atoms. The number of carbonyl (C=O) groups excluding carboxylic acids is 1. The molecule has 0 radical (unpaired) electrons. The Balaban J connectivity index is 2.01. The first-order valence-electron chi connectivity index (χ1n) is 8.76. The molecular weight excluding hydrogens is 434 g/mol. The monoisotopic (exact) mass is 461 g/mol. The smallest absolute Gasteiger partial charge is 0.237 e. The number of halogens is 1. The van der Waals surface area contributed by atoms with Crippen LogP contribution in [0.25, 0.3) is 0 Å². The molecule has 0 bridgehead atoms. The van der Waals surface area contributed by atoms with Crippen molar-refractivity contribution in [3.8, 4) is 5.75 Å². The largest absolute Gasteiger partial charge is 0.496 e. The van der Waals surface area contributed by atoms with Gasteiger partial charge in [0.2, 0.25) is 15.9 Å². The van der Waals surface area contributed by atoms with E-state index in [0.717, 1.165) is 27.6 Å². The highest BCUT2D eigenvalue weighted by atomic mass is 79.9. The quantitative estimate of drug-likeness (QED) is 0.598. The lowest BCUT2D eigenvalue weighted by atomic mass is 9.86. The SMILES string of the molecule is COc1cc(CNC(=O)[C@H]2C[C@H](NS(C)(=O)=O)CN2)c(Br)cc1C(C)(C)C. The minimum atomic E-state index is -3.28. The summed E-state index contributed by atoms with van der Waals surface area (Å²) in [6, 6.07) is 3.27. The Bertz CT molecular complexity index is 806. The van der Waals surface area contributed by atoms with E-state index in [1.807, 2.05) is 12.1 Å². The first-order valence-corrected chi connectivity index (χ1v) is 11.4. The van der Waals surface area contributed by atoms with E-state index in [1.165, 1.54) is 0 Å². The van der Waals surface area contributed by atoms with Crippen LogP contribution in [-0.4, -0.2) is 46.3 Å². The zero-order valence-corrected chi connectivity index (χ0v) is 18.8. The van der Waals surface area contributed by atoms with Crippen LogP contribution in [0.3, 0.4) is 0 Å². The minimum absolute atomic E-state index is 0.0644. The van der Waals surface area contributed by atoms with Crippen LogP contribution < -0.4 is 20.1 Å². The third-order valence-electron chi connectivity index (χ3n) is 4.46. The molecule has 2 rings (SSSR count). The number of nitrogens with one attached hydrogen (secondary N) is 3. The zero-order valence-electron chi connectivity index (χ0n) is 16.3. The lowest BCUT2D eigenvalue weighted by Gasteiger charge is -2.23. The van der Waals surface area contributed by atoms with Crippen molar-refractivity contribution in [1.82, 2.24) is 15.4 Å². The van der Waals surface area contributed by atoms with Gasteiger partial charge in [0.15, 0.2) is 0 Å². The van der Waals surface area contributed by atoms with Gasteiger partial charge >= 0.3 is 0 Å². The van der Waals surface area contributed by atoms with Gasteiger partial charge in [-0.3, -0.25) is 4.79 Å². The maximum absolute atomic E-state index is 12.4. The fraction of sp³-hybridized carbons (Fsp3) is 0.611. The number of methoxy groups -OCH3 is 1. The van der Waals surface area contributed by atoms with Crippen LogP contribution in [0, 0.1) is 0 Å². The summed E-state index contributed by atoms with van der Waals surface area (Å²) in [6.07, 6.45) is 1.54. The molecule has 27 heavy (non-hydrogen) atoms. The van der Waals surface area contributed by atoms with Gasteiger partial charge in [-0.1, -0.05) is 36.7 Å². The summed E-state index contributed by atoms with van der Waals surface area (Å²) in [5, 5.41) is 5.97. The van der Waals surface area contributed by atoms with Crippen LogP contribution in [0.5, 0.6) is 5.75 Å². The van der Waals surface area contributed by atoms with Gasteiger partial charge in [-0.15, -0.1) is 0 Å². The van der Waals surface area contributed by atoms with E-state index in [-0.39, 0.29) is 17.4 Å². The van der Waals surface area contributed by atoms with E-state index in [0.29, 0.717) is 19.5 Å². The molecule has 1 aromatic rings. The number of amides is 1. The van der Waals surface area contributed by atoms with Crippen LogP contribution in [0.2, 0.25) is 0 Å².